The van der Waals surface area contributed by atoms with Crippen LogP contribution in [0.5, 0.6) is 0 Å². The average molecular weight is 411 g/mol. The van der Waals surface area contributed by atoms with Gasteiger partial charge in [-0.1, -0.05) is 12.1 Å². The van der Waals surface area contributed by atoms with Gasteiger partial charge in [0.15, 0.2) is 0 Å². The first-order valence-electron chi connectivity index (χ1n) is 8.78. The number of anilines is 1. The van der Waals surface area contributed by atoms with Crippen molar-refractivity contribution in [3.05, 3.63) is 48.3 Å². The Balaban J connectivity index is 0.00000182. The second-order valence-electron chi connectivity index (χ2n) is 6.78. The summed E-state index contributed by atoms with van der Waals surface area (Å²) in [5, 5.41) is 3.28. The van der Waals surface area contributed by atoms with Gasteiger partial charge in [0.1, 0.15) is 0 Å². The minimum atomic E-state index is 0. The Kier molecular flexibility index (Phi) is 9.03. The van der Waals surface area contributed by atoms with E-state index in [1.54, 1.807) is 6.20 Å². The number of carbonyl (C=O) groups is 1. The number of rotatable bonds is 4. The Morgan fingerprint density at radius 2 is 1.85 bits per heavy atom. The number of aromatic nitrogens is 1. The summed E-state index contributed by atoms with van der Waals surface area (Å²) in [7, 11) is 6.00. The molecule has 0 saturated carbocycles. The van der Waals surface area contributed by atoms with E-state index in [0.717, 1.165) is 42.7 Å². The van der Waals surface area contributed by atoms with Crippen LogP contribution in [0.1, 0.15) is 23.2 Å². The first kappa shape index (κ1) is 23.2. The first-order valence-corrected chi connectivity index (χ1v) is 8.78. The van der Waals surface area contributed by atoms with E-state index in [2.05, 4.69) is 39.5 Å². The molecular weight excluding hydrogens is 383 g/mol. The Hall–Kier alpha value is -1.82. The Morgan fingerprint density at radius 1 is 1.15 bits per heavy atom. The van der Waals surface area contributed by atoms with E-state index in [4.69, 9.17) is 0 Å². The number of likely N-dealkylation sites (tertiary alicyclic amines) is 1. The molecule has 5 nitrogen and oxygen atoms in total. The lowest BCUT2D eigenvalue weighted by atomic mass is 10.0. The standard InChI is InChI=1S/C20H26N4O.2ClH/c1-21-18-5-4-10-24(14-18)20(25)17-11-16(12-22-13-17)15-6-8-19(9-7-15)23(2)3;;/h6-9,11-13,18,21H,4-5,10,14H2,1-3H3;2*1H. The summed E-state index contributed by atoms with van der Waals surface area (Å²) in [5.74, 6) is 0.0687. The van der Waals surface area contributed by atoms with Crippen LogP contribution in [-0.2, 0) is 0 Å². The summed E-state index contributed by atoms with van der Waals surface area (Å²) in [6, 6.07) is 10.6. The van der Waals surface area contributed by atoms with Crippen LogP contribution in [0, 0.1) is 0 Å². The number of likely N-dealkylation sites (N-methyl/N-ethyl adjacent to an activating group) is 1. The summed E-state index contributed by atoms with van der Waals surface area (Å²) in [5.41, 5.74) is 3.85. The predicted molar refractivity (Wildman–Crippen MR) is 116 cm³/mol. The third kappa shape index (κ3) is 5.58. The zero-order valence-corrected chi connectivity index (χ0v) is 17.6. The molecule has 1 aromatic heterocycles. The van der Waals surface area contributed by atoms with Gasteiger partial charge >= 0.3 is 0 Å². The molecule has 0 spiro atoms. The van der Waals surface area contributed by atoms with Gasteiger partial charge < -0.3 is 15.1 Å². The van der Waals surface area contributed by atoms with Crippen molar-refractivity contribution >= 4 is 36.4 Å². The van der Waals surface area contributed by atoms with Gasteiger partial charge in [-0.25, -0.2) is 0 Å². The molecule has 1 aliphatic heterocycles. The summed E-state index contributed by atoms with van der Waals surface area (Å²) in [6.07, 6.45) is 5.64. The predicted octanol–water partition coefficient (Wildman–Crippen LogP) is 3.48. The fourth-order valence-electron chi connectivity index (χ4n) is 3.25. The van der Waals surface area contributed by atoms with E-state index in [-0.39, 0.29) is 30.7 Å². The molecule has 0 radical (unpaired) electrons. The number of carbonyl (C=O) groups excluding carboxylic acids is 1. The number of nitrogens with zero attached hydrogens (tertiary/aromatic N) is 3. The van der Waals surface area contributed by atoms with Crippen molar-refractivity contribution in [3.8, 4) is 11.1 Å². The highest BCUT2D eigenvalue weighted by molar-refractivity contribution is 5.95. The normalized spacial score (nSPS) is 16.1. The zero-order chi connectivity index (χ0) is 17.8. The minimum Gasteiger partial charge on any atom is -0.378 e. The lowest BCUT2D eigenvalue weighted by Crippen LogP contribution is -2.47. The van der Waals surface area contributed by atoms with Gasteiger partial charge in [0, 0.05) is 56.9 Å². The van der Waals surface area contributed by atoms with E-state index in [0.29, 0.717) is 11.6 Å². The van der Waals surface area contributed by atoms with Crippen molar-refractivity contribution in [2.45, 2.75) is 18.9 Å². The molecule has 1 aromatic carbocycles. The molecule has 3 rings (SSSR count). The second kappa shape index (κ2) is 10.5. The van der Waals surface area contributed by atoms with Crippen molar-refractivity contribution in [1.82, 2.24) is 15.2 Å². The van der Waals surface area contributed by atoms with Gasteiger partial charge in [-0.2, -0.15) is 0 Å². The largest absolute Gasteiger partial charge is 0.378 e. The number of hydrogen-bond donors (Lipinski definition) is 1. The van der Waals surface area contributed by atoms with Crippen molar-refractivity contribution < 1.29 is 4.79 Å². The van der Waals surface area contributed by atoms with Gasteiger partial charge in [0.05, 0.1) is 5.56 Å². The third-order valence-corrected chi connectivity index (χ3v) is 4.82. The van der Waals surface area contributed by atoms with Crippen molar-refractivity contribution in [2.24, 2.45) is 0 Å². The topological polar surface area (TPSA) is 48.5 Å². The molecule has 2 aromatic rings. The molecule has 1 atom stereocenters. The van der Waals surface area contributed by atoms with Crippen LogP contribution in [0.2, 0.25) is 0 Å². The number of pyridine rings is 1. The highest BCUT2D eigenvalue weighted by atomic mass is 35.5. The molecule has 7 heteroatoms. The molecule has 1 fully saturated rings. The van der Waals surface area contributed by atoms with Crippen molar-refractivity contribution in [3.63, 3.8) is 0 Å². The Morgan fingerprint density at radius 3 is 2.48 bits per heavy atom. The Labute approximate surface area is 174 Å². The average Bonchev–Trinajstić information content (AvgIpc) is 2.67. The maximum Gasteiger partial charge on any atom is 0.255 e. The number of benzene rings is 1. The molecule has 1 unspecified atom stereocenters. The minimum absolute atomic E-state index is 0. The van der Waals surface area contributed by atoms with Gasteiger partial charge in [-0.15, -0.1) is 24.8 Å². The zero-order valence-electron chi connectivity index (χ0n) is 16.0. The monoisotopic (exact) mass is 410 g/mol. The summed E-state index contributed by atoms with van der Waals surface area (Å²) in [4.78, 5) is 21.1. The molecule has 27 heavy (non-hydrogen) atoms. The molecule has 148 valence electrons. The summed E-state index contributed by atoms with van der Waals surface area (Å²) in [6.45, 7) is 1.58. The van der Waals surface area contributed by atoms with Crippen molar-refractivity contribution in [2.75, 3.05) is 39.1 Å². The first-order chi connectivity index (χ1) is 12.1. The number of nitrogens with one attached hydrogen (secondary N) is 1. The lowest BCUT2D eigenvalue weighted by molar-refractivity contribution is 0.0698. The number of hydrogen-bond acceptors (Lipinski definition) is 4. The van der Waals surface area contributed by atoms with E-state index in [9.17, 15) is 4.79 Å². The van der Waals surface area contributed by atoms with Crippen LogP contribution in [0.4, 0.5) is 5.69 Å². The number of halogens is 2. The SMILES string of the molecule is CNC1CCCN(C(=O)c2cncc(-c3ccc(N(C)C)cc3)c2)C1.Cl.Cl. The fraction of sp³-hybridized carbons (Fsp3) is 0.400. The van der Waals surface area contributed by atoms with Crippen LogP contribution >= 0.6 is 24.8 Å². The van der Waals surface area contributed by atoms with Crippen LogP contribution in [0.3, 0.4) is 0 Å². The molecule has 0 bridgehead atoms. The fourth-order valence-corrected chi connectivity index (χ4v) is 3.25. The van der Waals surface area contributed by atoms with Gasteiger partial charge in [0.2, 0.25) is 0 Å². The van der Waals surface area contributed by atoms with Gasteiger partial charge in [0.25, 0.3) is 5.91 Å². The third-order valence-electron chi connectivity index (χ3n) is 4.82. The lowest BCUT2D eigenvalue weighted by Gasteiger charge is -2.32. The maximum absolute atomic E-state index is 12.8. The van der Waals surface area contributed by atoms with Crippen LogP contribution < -0.4 is 10.2 Å². The van der Waals surface area contributed by atoms with E-state index >= 15 is 0 Å². The highest BCUT2D eigenvalue weighted by Crippen LogP contribution is 2.23. The van der Waals surface area contributed by atoms with Gasteiger partial charge in [-0.3, -0.25) is 9.78 Å². The molecule has 1 aliphatic rings. The molecule has 2 heterocycles. The van der Waals surface area contributed by atoms with Crippen LogP contribution in [0.25, 0.3) is 11.1 Å². The Bertz CT molecular complexity index is 737. The molecule has 1 amide bonds. The number of piperidine rings is 1. The molecular formula is C20H28Cl2N4O. The molecule has 1 saturated heterocycles. The van der Waals surface area contributed by atoms with Crippen LogP contribution in [0.15, 0.2) is 42.7 Å². The quantitative estimate of drug-likeness (QED) is 0.837. The van der Waals surface area contributed by atoms with E-state index < -0.39 is 0 Å². The smallest absolute Gasteiger partial charge is 0.255 e. The van der Waals surface area contributed by atoms with Gasteiger partial charge in [-0.05, 0) is 43.7 Å². The summed E-state index contributed by atoms with van der Waals surface area (Å²) < 4.78 is 0. The highest BCUT2D eigenvalue weighted by Gasteiger charge is 2.23. The maximum atomic E-state index is 12.8. The summed E-state index contributed by atoms with van der Waals surface area (Å²) >= 11 is 0. The van der Waals surface area contributed by atoms with Crippen LogP contribution in [-0.4, -0.2) is 56.1 Å². The second-order valence-corrected chi connectivity index (χ2v) is 6.78. The van der Waals surface area contributed by atoms with Crippen molar-refractivity contribution in [1.29, 1.82) is 0 Å². The number of amides is 1. The molecule has 0 aliphatic carbocycles. The van der Waals surface area contributed by atoms with E-state index in [1.807, 2.05) is 38.3 Å². The van der Waals surface area contributed by atoms with E-state index in [1.165, 1.54) is 0 Å². The molecule has 1 N–H and O–H groups in total.